The highest BCUT2D eigenvalue weighted by atomic mass is 32.1. The van der Waals surface area contributed by atoms with E-state index in [1.54, 1.807) is 0 Å². The van der Waals surface area contributed by atoms with E-state index in [2.05, 4.69) is 265 Å². The highest BCUT2D eigenvalue weighted by Crippen LogP contribution is 2.62. The standard InChI is InChI=1S/C71H66BN3S/c1-45-39-63-66-64(40-45)74(61-27-20-26-53-52-25-16-17-28-65(52)76-67(53)61)62-44-51(75-59-34-29-48(46-21-12-10-13-22-46)41-55(59)70(8)37-18-19-38-71(70,75)9)32-33-56(62)72(66)57-43-50(69(5,6)7)31-36-60(57)73(63)58-35-30-49(68(2,3)4)42-54(58)47-23-14-11-15-24-47/h10-17,20-36,39-44H,18-19,37-38H2,1-9H3. The molecule has 1 saturated carbocycles. The molecule has 14 rings (SSSR count). The molecule has 1 aliphatic carbocycles. The molecule has 0 amide bonds. The number of hydrogen-bond donors (Lipinski definition) is 0. The number of hydrogen-bond acceptors (Lipinski definition) is 4. The molecule has 76 heavy (non-hydrogen) atoms. The predicted octanol–water partition coefficient (Wildman–Crippen LogP) is 18.1. The van der Waals surface area contributed by atoms with Crippen molar-refractivity contribution in [2.24, 2.45) is 0 Å². The Kier molecular flexibility index (Phi) is 10.4. The van der Waals surface area contributed by atoms with Gasteiger partial charge in [0.2, 0.25) is 0 Å². The van der Waals surface area contributed by atoms with Crippen LogP contribution in [-0.4, -0.2) is 12.3 Å². The molecule has 1 fully saturated rings. The Morgan fingerprint density at radius 3 is 1.84 bits per heavy atom. The van der Waals surface area contributed by atoms with E-state index in [1.165, 1.54) is 146 Å². The van der Waals surface area contributed by atoms with Crippen LogP contribution < -0.4 is 31.1 Å². The summed E-state index contributed by atoms with van der Waals surface area (Å²) in [6.07, 6.45) is 4.77. The molecular formula is C71H66BN3S. The van der Waals surface area contributed by atoms with Crippen molar-refractivity contribution in [3.05, 3.63) is 210 Å². The summed E-state index contributed by atoms with van der Waals surface area (Å²) in [5, 5.41) is 2.62. The third-order valence-electron chi connectivity index (χ3n) is 18.3. The maximum absolute atomic E-state index is 2.78. The summed E-state index contributed by atoms with van der Waals surface area (Å²) >= 11 is 1.92. The average molecular weight is 1000 g/mol. The molecule has 5 heteroatoms. The van der Waals surface area contributed by atoms with Crippen LogP contribution in [0, 0.1) is 6.92 Å². The zero-order valence-electron chi connectivity index (χ0n) is 45.6. The Bertz CT molecular complexity index is 3990. The summed E-state index contributed by atoms with van der Waals surface area (Å²) in [6.45, 7) is 21.5. The summed E-state index contributed by atoms with van der Waals surface area (Å²) < 4.78 is 2.63. The minimum absolute atomic E-state index is 0.0232. The lowest BCUT2D eigenvalue weighted by molar-refractivity contribution is 0.195. The normalized spacial score (nSPS) is 18.6. The van der Waals surface area contributed by atoms with Gasteiger partial charge in [-0.3, -0.25) is 0 Å². The van der Waals surface area contributed by atoms with Crippen molar-refractivity contribution in [2.75, 3.05) is 14.7 Å². The second kappa shape index (κ2) is 16.8. The van der Waals surface area contributed by atoms with Crippen LogP contribution in [0.3, 0.4) is 0 Å². The fourth-order valence-electron chi connectivity index (χ4n) is 14.2. The van der Waals surface area contributed by atoms with Crippen molar-refractivity contribution in [3.8, 4) is 22.3 Å². The molecule has 0 N–H and O–H groups in total. The third kappa shape index (κ3) is 6.93. The van der Waals surface area contributed by atoms with Crippen LogP contribution in [0.4, 0.5) is 45.5 Å². The molecule has 2 unspecified atom stereocenters. The largest absolute Gasteiger partial charge is 0.334 e. The Hall–Kier alpha value is -7.34. The summed E-state index contributed by atoms with van der Waals surface area (Å²) in [5.41, 5.74) is 24.3. The molecule has 374 valence electrons. The van der Waals surface area contributed by atoms with Gasteiger partial charge in [-0.2, -0.15) is 0 Å². The summed E-state index contributed by atoms with van der Waals surface area (Å²) in [7, 11) is 0. The fourth-order valence-corrected chi connectivity index (χ4v) is 15.4. The van der Waals surface area contributed by atoms with E-state index in [-0.39, 0.29) is 28.5 Å². The molecule has 4 aliphatic rings. The predicted molar refractivity (Wildman–Crippen MR) is 329 cm³/mol. The second-order valence-electron chi connectivity index (χ2n) is 24.9. The summed E-state index contributed by atoms with van der Waals surface area (Å²) in [5.74, 6) is 0. The first-order chi connectivity index (χ1) is 36.6. The molecule has 0 spiro atoms. The fraction of sp³-hybridized carbons (Fsp3) is 0.239. The van der Waals surface area contributed by atoms with Gasteiger partial charge in [-0.05, 0) is 160 Å². The molecule has 0 saturated heterocycles. The maximum atomic E-state index is 2.78. The topological polar surface area (TPSA) is 9.72 Å². The number of rotatable bonds is 5. The van der Waals surface area contributed by atoms with Crippen LogP contribution in [0.15, 0.2) is 188 Å². The van der Waals surface area contributed by atoms with E-state index >= 15 is 0 Å². The summed E-state index contributed by atoms with van der Waals surface area (Å²) in [4.78, 5) is 8.10. The van der Waals surface area contributed by atoms with Gasteiger partial charge in [-0.15, -0.1) is 11.3 Å². The number of anilines is 8. The van der Waals surface area contributed by atoms with E-state index in [4.69, 9.17) is 0 Å². The Labute approximate surface area is 454 Å². The Morgan fingerprint density at radius 2 is 1.11 bits per heavy atom. The van der Waals surface area contributed by atoms with E-state index < -0.39 is 0 Å². The molecule has 3 nitrogen and oxygen atoms in total. The molecule has 2 atom stereocenters. The van der Waals surface area contributed by atoms with Crippen LogP contribution in [0.5, 0.6) is 0 Å². The Balaban J connectivity index is 1.06. The van der Waals surface area contributed by atoms with Crippen molar-refractivity contribution in [2.45, 2.75) is 110 Å². The first-order valence-electron chi connectivity index (χ1n) is 27.7. The monoisotopic (exact) mass is 1000 g/mol. The average Bonchev–Trinajstić information content (AvgIpc) is 4.05. The van der Waals surface area contributed by atoms with E-state index in [1.807, 2.05) is 11.3 Å². The lowest BCUT2D eigenvalue weighted by Gasteiger charge is -2.50. The van der Waals surface area contributed by atoms with Gasteiger partial charge in [0.05, 0.1) is 21.6 Å². The maximum Gasteiger partial charge on any atom is 0.252 e. The first-order valence-corrected chi connectivity index (χ1v) is 28.6. The highest BCUT2D eigenvalue weighted by Gasteiger charge is 2.58. The van der Waals surface area contributed by atoms with Crippen LogP contribution in [0.2, 0.25) is 0 Å². The van der Waals surface area contributed by atoms with Gasteiger partial charge in [0.1, 0.15) is 0 Å². The van der Waals surface area contributed by atoms with Crippen LogP contribution >= 0.6 is 11.3 Å². The number of thiophene rings is 1. The van der Waals surface area contributed by atoms with Gasteiger partial charge in [0.25, 0.3) is 6.71 Å². The quantitative estimate of drug-likeness (QED) is 0.159. The molecule has 4 heterocycles. The number of nitrogens with zero attached hydrogens (tertiary/aromatic N) is 3. The van der Waals surface area contributed by atoms with Gasteiger partial charge in [0, 0.05) is 60.6 Å². The molecule has 3 aliphatic heterocycles. The number of aryl methyl sites for hydroxylation is 1. The van der Waals surface area contributed by atoms with Gasteiger partial charge in [-0.1, -0.05) is 183 Å². The first kappa shape index (κ1) is 47.1. The lowest BCUT2D eigenvalue weighted by atomic mass is 9.33. The van der Waals surface area contributed by atoms with Gasteiger partial charge >= 0.3 is 0 Å². The van der Waals surface area contributed by atoms with Crippen molar-refractivity contribution in [1.82, 2.24) is 0 Å². The third-order valence-corrected chi connectivity index (χ3v) is 19.6. The Morgan fingerprint density at radius 1 is 0.474 bits per heavy atom. The van der Waals surface area contributed by atoms with E-state index in [9.17, 15) is 0 Å². The number of benzene rings is 9. The van der Waals surface area contributed by atoms with Crippen LogP contribution in [0.25, 0.3) is 42.4 Å². The minimum atomic E-state index is -0.123. The van der Waals surface area contributed by atoms with Crippen LogP contribution in [-0.2, 0) is 16.2 Å². The van der Waals surface area contributed by atoms with Gasteiger partial charge in [-0.25, -0.2) is 0 Å². The van der Waals surface area contributed by atoms with Crippen molar-refractivity contribution in [3.63, 3.8) is 0 Å². The zero-order chi connectivity index (χ0) is 52.0. The molecule has 1 aromatic heterocycles. The number of fused-ring (bicyclic) bond motifs is 10. The highest BCUT2D eigenvalue weighted by molar-refractivity contribution is 7.26. The van der Waals surface area contributed by atoms with Crippen molar-refractivity contribution >= 4 is 100 Å². The molecule has 0 radical (unpaired) electrons. The van der Waals surface area contributed by atoms with Gasteiger partial charge < -0.3 is 14.7 Å². The van der Waals surface area contributed by atoms with Crippen molar-refractivity contribution in [1.29, 1.82) is 0 Å². The van der Waals surface area contributed by atoms with Crippen molar-refractivity contribution < 1.29 is 0 Å². The van der Waals surface area contributed by atoms with Gasteiger partial charge in [0.15, 0.2) is 0 Å². The minimum Gasteiger partial charge on any atom is -0.334 e. The molecular weight excluding hydrogens is 938 g/mol. The smallest absolute Gasteiger partial charge is 0.252 e. The molecule has 9 aromatic carbocycles. The van der Waals surface area contributed by atoms with E-state index in [0.717, 1.165) is 6.42 Å². The molecule has 0 bridgehead atoms. The summed E-state index contributed by atoms with van der Waals surface area (Å²) in [6, 6.07) is 72.7. The SMILES string of the molecule is Cc1cc2c3c(c1)N(c1cccc4c1sc1ccccc14)c1cc(N4c5ccc(-c6ccccc6)cc5C5(C)CCCCC45C)ccc1B3c1cc(C(C)(C)C)ccc1N2c1ccc(C(C)(C)C)cc1-c1ccccc1. The lowest BCUT2D eigenvalue weighted by Crippen LogP contribution is -2.61. The zero-order valence-corrected chi connectivity index (χ0v) is 46.4. The van der Waals surface area contributed by atoms with Crippen LogP contribution in [0.1, 0.15) is 103 Å². The second-order valence-corrected chi connectivity index (χ2v) is 26.0. The van der Waals surface area contributed by atoms with E-state index in [0.29, 0.717) is 0 Å². The molecule has 10 aromatic rings.